The maximum atomic E-state index is 13.1. The Hall–Kier alpha value is -3.74. The van der Waals surface area contributed by atoms with Crippen LogP contribution in [0, 0.1) is 0 Å². The highest BCUT2D eigenvalue weighted by atomic mass is 16.5. The number of carbonyl (C=O) groups excluding carboxylic acids is 2. The summed E-state index contributed by atoms with van der Waals surface area (Å²) in [5.41, 5.74) is 0. The van der Waals surface area contributed by atoms with Crippen LogP contribution < -0.4 is 5.32 Å². The molecule has 0 aliphatic rings. The third-order valence-electron chi connectivity index (χ3n) is 10.4. The SMILES string of the molecule is CC/C=C\C/C=C\C/C=C\C/C=C\C/C=C\CCCC(=O)OC(C/C=C/C=C\C=C/C=C/C=C/CC)CC(=O)NC(CO)C(O)CCCCCCCCCCCCCCCCC. The number of amides is 1. The third kappa shape index (κ3) is 42.9. The Balaban J connectivity index is 4.75. The van der Waals surface area contributed by atoms with Gasteiger partial charge in [0.2, 0.25) is 5.91 Å². The molecule has 0 saturated heterocycles. The van der Waals surface area contributed by atoms with Gasteiger partial charge in [-0.3, -0.25) is 9.59 Å². The van der Waals surface area contributed by atoms with Crippen molar-refractivity contribution in [3.8, 4) is 0 Å². The average Bonchev–Trinajstić information content (AvgIpc) is 3.26. The second kappa shape index (κ2) is 48.3. The van der Waals surface area contributed by atoms with Crippen molar-refractivity contribution < 1.29 is 24.5 Å². The highest BCUT2D eigenvalue weighted by molar-refractivity contribution is 5.77. The van der Waals surface area contributed by atoms with Gasteiger partial charge in [-0.25, -0.2) is 0 Å². The zero-order chi connectivity index (χ0) is 45.2. The van der Waals surface area contributed by atoms with Gasteiger partial charge in [-0.2, -0.15) is 0 Å². The molecule has 0 fully saturated rings. The van der Waals surface area contributed by atoms with Crippen molar-refractivity contribution in [2.45, 2.75) is 212 Å². The molecule has 0 aliphatic carbocycles. The summed E-state index contributed by atoms with van der Waals surface area (Å²) in [4.78, 5) is 26.0. The minimum Gasteiger partial charge on any atom is -0.461 e. The smallest absolute Gasteiger partial charge is 0.306 e. The third-order valence-corrected chi connectivity index (χ3v) is 10.4. The Bertz CT molecular complexity index is 1330. The summed E-state index contributed by atoms with van der Waals surface area (Å²) in [5.74, 6) is -0.690. The van der Waals surface area contributed by atoms with Crippen LogP contribution in [-0.4, -0.2) is 46.9 Å². The lowest BCUT2D eigenvalue weighted by molar-refractivity contribution is -0.150. The van der Waals surface area contributed by atoms with Crippen LogP contribution in [0.2, 0.25) is 0 Å². The van der Waals surface area contributed by atoms with Crippen LogP contribution in [0.4, 0.5) is 0 Å². The molecule has 0 saturated carbocycles. The first kappa shape index (κ1) is 58.3. The van der Waals surface area contributed by atoms with Crippen molar-refractivity contribution in [2.24, 2.45) is 0 Å². The van der Waals surface area contributed by atoms with Crippen molar-refractivity contribution in [3.63, 3.8) is 0 Å². The highest BCUT2D eigenvalue weighted by Gasteiger charge is 2.23. The van der Waals surface area contributed by atoms with Gasteiger partial charge >= 0.3 is 5.97 Å². The van der Waals surface area contributed by atoms with E-state index in [9.17, 15) is 19.8 Å². The number of unbranched alkanes of at least 4 members (excludes halogenated alkanes) is 15. The number of nitrogens with one attached hydrogen (secondary N) is 1. The molecule has 6 nitrogen and oxygen atoms in total. The van der Waals surface area contributed by atoms with Gasteiger partial charge in [-0.15, -0.1) is 0 Å². The molecule has 6 heteroatoms. The predicted octanol–water partition coefficient (Wildman–Crippen LogP) is 14.9. The first-order chi connectivity index (χ1) is 30.5. The van der Waals surface area contributed by atoms with Crippen LogP contribution in [0.5, 0.6) is 0 Å². The molecule has 0 rings (SSSR count). The lowest BCUT2D eigenvalue weighted by Gasteiger charge is -2.24. The maximum Gasteiger partial charge on any atom is 0.306 e. The van der Waals surface area contributed by atoms with E-state index in [4.69, 9.17) is 4.74 Å². The Morgan fingerprint density at radius 3 is 1.44 bits per heavy atom. The number of aliphatic hydroxyl groups is 2. The molecule has 0 aromatic rings. The molecule has 3 atom stereocenters. The van der Waals surface area contributed by atoms with E-state index in [1.54, 1.807) is 0 Å². The molecular weight excluding hydrogens is 767 g/mol. The Morgan fingerprint density at radius 1 is 0.516 bits per heavy atom. The van der Waals surface area contributed by atoms with Gasteiger partial charge in [-0.1, -0.05) is 239 Å². The largest absolute Gasteiger partial charge is 0.461 e. The standard InChI is InChI=1S/C56H91NO5/c1-4-7-10-13-16-19-22-24-26-27-29-31-34-37-40-43-46-49-56(61)62-52(47-44-41-38-35-32-21-18-15-12-9-6-3)50-55(60)57-53(51-58)54(59)48-45-42-39-36-33-30-28-25-23-20-17-14-11-8-5-2/h7,9-10,12,15-16,18-19,21,24,26,29,31-32,35,37-38,40-41,44,52-54,58-59H,4-6,8,11,13-14,17,20,22-23,25,27-28,30,33-34,36,39,42-43,45-51H2,1-3H3,(H,57,60)/b10-7-,12-9+,18-15+,19-16-,26-24-,31-29-,32-21-,38-35-,40-37-,44-41+. The molecular formula is C56H91NO5. The average molecular weight is 858 g/mol. The Morgan fingerprint density at radius 2 is 0.952 bits per heavy atom. The first-order valence-corrected chi connectivity index (χ1v) is 24.8. The first-order valence-electron chi connectivity index (χ1n) is 24.8. The Kier molecular flexibility index (Phi) is 45.4. The maximum absolute atomic E-state index is 13.1. The lowest BCUT2D eigenvalue weighted by atomic mass is 10.0. The molecule has 0 heterocycles. The van der Waals surface area contributed by atoms with E-state index in [0.717, 1.165) is 64.2 Å². The monoisotopic (exact) mass is 858 g/mol. The minimum absolute atomic E-state index is 0.0489. The van der Waals surface area contributed by atoms with Crippen LogP contribution in [0.25, 0.3) is 0 Å². The van der Waals surface area contributed by atoms with Gasteiger partial charge in [0.05, 0.1) is 25.2 Å². The summed E-state index contributed by atoms with van der Waals surface area (Å²) < 4.78 is 5.80. The minimum atomic E-state index is -0.835. The molecule has 0 spiro atoms. The van der Waals surface area contributed by atoms with Crippen LogP contribution in [-0.2, 0) is 14.3 Å². The van der Waals surface area contributed by atoms with Crippen molar-refractivity contribution >= 4 is 11.9 Å². The van der Waals surface area contributed by atoms with Crippen LogP contribution >= 0.6 is 0 Å². The fourth-order valence-corrected chi connectivity index (χ4v) is 6.72. The predicted molar refractivity (Wildman–Crippen MR) is 268 cm³/mol. The fraction of sp³-hybridized carbons (Fsp3) is 0.607. The summed E-state index contributed by atoms with van der Waals surface area (Å²) in [6.45, 7) is 6.16. The number of allylic oxidation sites excluding steroid dienone is 19. The van der Waals surface area contributed by atoms with Crippen molar-refractivity contribution in [3.05, 3.63) is 122 Å². The summed E-state index contributed by atoms with van der Waals surface area (Å²) in [6, 6.07) is -0.759. The molecule has 3 unspecified atom stereocenters. The van der Waals surface area contributed by atoms with Gasteiger partial charge in [0.25, 0.3) is 0 Å². The fourth-order valence-electron chi connectivity index (χ4n) is 6.72. The van der Waals surface area contributed by atoms with Gasteiger partial charge in [0.1, 0.15) is 6.10 Å². The summed E-state index contributed by atoms with van der Waals surface area (Å²) in [6.07, 6.45) is 67.2. The lowest BCUT2D eigenvalue weighted by Crippen LogP contribution is -2.46. The van der Waals surface area contributed by atoms with E-state index in [1.807, 2.05) is 54.7 Å². The summed E-state index contributed by atoms with van der Waals surface area (Å²) >= 11 is 0. The van der Waals surface area contributed by atoms with E-state index in [0.29, 0.717) is 19.3 Å². The van der Waals surface area contributed by atoms with Gasteiger partial charge < -0.3 is 20.3 Å². The van der Waals surface area contributed by atoms with E-state index in [1.165, 1.54) is 77.0 Å². The van der Waals surface area contributed by atoms with Gasteiger partial charge in [0, 0.05) is 12.8 Å². The molecule has 3 N–H and O–H groups in total. The zero-order valence-electron chi connectivity index (χ0n) is 39.7. The van der Waals surface area contributed by atoms with Crippen molar-refractivity contribution in [2.75, 3.05) is 6.61 Å². The molecule has 62 heavy (non-hydrogen) atoms. The molecule has 1 amide bonds. The van der Waals surface area contributed by atoms with Gasteiger partial charge in [-0.05, 0) is 57.8 Å². The summed E-state index contributed by atoms with van der Waals surface area (Å²) in [7, 11) is 0. The molecule has 0 aliphatic heterocycles. The second-order valence-corrected chi connectivity index (χ2v) is 16.2. The van der Waals surface area contributed by atoms with E-state index < -0.39 is 18.2 Å². The second-order valence-electron chi connectivity index (χ2n) is 16.2. The van der Waals surface area contributed by atoms with Gasteiger partial charge in [0.15, 0.2) is 0 Å². The van der Waals surface area contributed by atoms with Crippen molar-refractivity contribution in [1.82, 2.24) is 5.32 Å². The van der Waals surface area contributed by atoms with Crippen LogP contribution in [0.15, 0.2) is 122 Å². The number of aliphatic hydroxyl groups excluding tert-OH is 2. The number of hydrogen-bond acceptors (Lipinski definition) is 5. The molecule has 0 aromatic heterocycles. The van der Waals surface area contributed by atoms with Crippen molar-refractivity contribution in [1.29, 1.82) is 0 Å². The highest BCUT2D eigenvalue weighted by Crippen LogP contribution is 2.16. The molecule has 0 radical (unpaired) electrons. The molecule has 0 aromatic carbocycles. The van der Waals surface area contributed by atoms with Crippen LogP contribution in [0.3, 0.4) is 0 Å². The van der Waals surface area contributed by atoms with E-state index in [-0.39, 0.29) is 31.3 Å². The molecule has 0 bridgehead atoms. The zero-order valence-corrected chi connectivity index (χ0v) is 39.7. The number of hydrogen-bond donors (Lipinski definition) is 3. The Labute approximate surface area is 380 Å². The number of rotatable bonds is 42. The summed E-state index contributed by atoms with van der Waals surface area (Å²) in [5, 5.41) is 23.7. The number of esters is 1. The number of carbonyl (C=O) groups is 2. The van der Waals surface area contributed by atoms with Crippen LogP contribution in [0.1, 0.15) is 194 Å². The normalized spacial score (nSPS) is 14.3. The quantitative estimate of drug-likeness (QED) is 0.0246. The topological polar surface area (TPSA) is 95.9 Å². The van der Waals surface area contributed by atoms with E-state index in [2.05, 4.69) is 92.9 Å². The number of ether oxygens (including phenoxy) is 1. The molecule has 350 valence electrons. The van der Waals surface area contributed by atoms with E-state index >= 15 is 0 Å².